The summed E-state index contributed by atoms with van der Waals surface area (Å²) >= 11 is 6.20. The van der Waals surface area contributed by atoms with Crippen molar-refractivity contribution in [1.29, 1.82) is 0 Å². The standard InChI is InChI=1S/C14H17ClN4/c1-9-7-10(2)19(18-9)14-6-5-12(15)13(17-14)8-16-11-3-4-11/h5-7,11,16H,3-4,8H2,1-2H3. The normalized spacial score (nSPS) is 14.9. The van der Waals surface area contributed by atoms with Crippen molar-refractivity contribution in [3.8, 4) is 5.82 Å². The van der Waals surface area contributed by atoms with Crippen molar-refractivity contribution in [2.24, 2.45) is 0 Å². The molecular formula is C14H17ClN4. The Bertz CT molecular complexity index is 601. The van der Waals surface area contributed by atoms with E-state index in [9.17, 15) is 0 Å². The highest BCUT2D eigenvalue weighted by molar-refractivity contribution is 6.31. The van der Waals surface area contributed by atoms with Gasteiger partial charge in [-0.3, -0.25) is 0 Å². The molecule has 19 heavy (non-hydrogen) atoms. The first kappa shape index (κ1) is 12.6. The Morgan fingerprint density at radius 1 is 1.37 bits per heavy atom. The third-order valence-corrected chi connectivity index (χ3v) is 3.61. The quantitative estimate of drug-likeness (QED) is 0.934. The zero-order chi connectivity index (χ0) is 13.4. The average molecular weight is 277 g/mol. The Morgan fingerprint density at radius 2 is 2.16 bits per heavy atom. The summed E-state index contributed by atoms with van der Waals surface area (Å²) in [7, 11) is 0. The van der Waals surface area contributed by atoms with Gasteiger partial charge in [0.25, 0.3) is 0 Å². The molecule has 3 rings (SSSR count). The molecule has 5 heteroatoms. The van der Waals surface area contributed by atoms with Crippen LogP contribution in [0.3, 0.4) is 0 Å². The van der Waals surface area contributed by atoms with Gasteiger partial charge < -0.3 is 5.32 Å². The van der Waals surface area contributed by atoms with Gasteiger partial charge in [-0.2, -0.15) is 5.10 Å². The Hall–Kier alpha value is -1.39. The Morgan fingerprint density at radius 3 is 2.79 bits per heavy atom. The highest BCUT2D eigenvalue weighted by Gasteiger charge is 2.21. The van der Waals surface area contributed by atoms with Gasteiger partial charge in [-0.15, -0.1) is 0 Å². The maximum atomic E-state index is 6.20. The lowest BCUT2D eigenvalue weighted by Gasteiger charge is -2.09. The van der Waals surface area contributed by atoms with Crippen LogP contribution in [0.5, 0.6) is 0 Å². The molecule has 0 saturated heterocycles. The van der Waals surface area contributed by atoms with Gasteiger partial charge in [0, 0.05) is 18.3 Å². The fourth-order valence-electron chi connectivity index (χ4n) is 2.10. The Balaban J connectivity index is 1.89. The minimum atomic E-state index is 0.648. The van der Waals surface area contributed by atoms with Gasteiger partial charge in [0.2, 0.25) is 0 Å². The van der Waals surface area contributed by atoms with Gasteiger partial charge >= 0.3 is 0 Å². The minimum Gasteiger partial charge on any atom is -0.308 e. The van der Waals surface area contributed by atoms with Gasteiger partial charge in [-0.05, 0) is 44.9 Å². The summed E-state index contributed by atoms with van der Waals surface area (Å²) in [4.78, 5) is 4.62. The van der Waals surface area contributed by atoms with E-state index in [2.05, 4.69) is 15.4 Å². The molecule has 2 heterocycles. The lowest BCUT2D eigenvalue weighted by Crippen LogP contribution is -2.17. The van der Waals surface area contributed by atoms with E-state index in [0.29, 0.717) is 11.1 Å². The van der Waals surface area contributed by atoms with E-state index in [4.69, 9.17) is 11.6 Å². The second-order valence-corrected chi connectivity index (χ2v) is 5.50. The number of nitrogens with one attached hydrogen (secondary N) is 1. The second kappa shape index (κ2) is 4.94. The van der Waals surface area contributed by atoms with Crippen LogP contribution in [0.25, 0.3) is 5.82 Å². The summed E-state index contributed by atoms with van der Waals surface area (Å²) in [5.74, 6) is 0.822. The summed E-state index contributed by atoms with van der Waals surface area (Å²) in [6.45, 7) is 4.73. The Labute approximate surface area is 117 Å². The fourth-order valence-corrected chi connectivity index (χ4v) is 2.28. The molecule has 0 unspecified atom stereocenters. The van der Waals surface area contributed by atoms with Crippen LogP contribution < -0.4 is 5.32 Å². The molecule has 2 aromatic heterocycles. The molecule has 1 N–H and O–H groups in total. The maximum Gasteiger partial charge on any atom is 0.154 e. The van der Waals surface area contributed by atoms with Crippen molar-refractivity contribution >= 4 is 11.6 Å². The van der Waals surface area contributed by atoms with E-state index >= 15 is 0 Å². The molecule has 0 amide bonds. The van der Waals surface area contributed by atoms with Crippen LogP contribution in [-0.2, 0) is 6.54 Å². The van der Waals surface area contributed by atoms with Crippen LogP contribution in [0.1, 0.15) is 29.9 Å². The molecule has 0 aliphatic heterocycles. The van der Waals surface area contributed by atoms with E-state index in [-0.39, 0.29) is 0 Å². The average Bonchev–Trinajstić information content (AvgIpc) is 3.13. The zero-order valence-electron chi connectivity index (χ0n) is 11.2. The van der Waals surface area contributed by atoms with Crippen LogP contribution in [0.4, 0.5) is 0 Å². The first-order chi connectivity index (χ1) is 9.13. The SMILES string of the molecule is Cc1cc(C)n(-c2ccc(Cl)c(CNC3CC3)n2)n1. The molecule has 1 fully saturated rings. The van der Waals surface area contributed by atoms with Crippen LogP contribution in [0.15, 0.2) is 18.2 Å². The van der Waals surface area contributed by atoms with Gasteiger partial charge in [0.15, 0.2) is 5.82 Å². The topological polar surface area (TPSA) is 42.7 Å². The predicted octanol–water partition coefficient (Wildman–Crippen LogP) is 2.79. The summed E-state index contributed by atoms with van der Waals surface area (Å²) in [5.41, 5.74) is 2.96. The predicted molar refractivity (Wildman–Crippen MR) is 75.7 cm³/mol. The van der Waals surface area contributed by atoms with E-state index in [0.717, 1.165) is 29.4 Å². The molecule has 1 aliphatic rings. The number of rotatable bonds is 4. The second-order valence-electron chi connectivity index (χ2n) is 5.09. The first-order valence-corrected chi connectivity index (χ1v) is 6.94. The van der Waals surface area contributed by atoms with Gasteiger partial charge in [0.1, 0.15) is 0 Å². The van der Waals surface area contributed by atoms with Crippen LogP contribution in [-0.4, -0.2) is 20.8 Å². The molecule has 4 nitrogen and oxygen atoms in total. The van der Waals surface area contributed by atoms with Crippen molar-refractivity contribution in [3.63, 3.8) is 0 Å². The van der Waals surface area contributed by atoms with Crippen molar-refractivity contribution < 1.29 is 0 Å². The molecule has 1 aliphatic carbocycles. The Kier molecular flexibility index (Phi) is 3.29. The molecule has 0 spiro atoms. The van der Waals surface area contributed by atoms with E-state index in [1.165, 1.54) is 12.8 Å². The van der Waals surface area contributed by atoms with Gasteiger partial charge in [-0.25, -0.2) is 9.67 Å². The summed E-state index contributed by atoms with van der Waals surface area (Å²) < 4.78 is 1.85. The smallest absolute Gasteiger partial charge is 0.154 e. The van der Waals surface area contributed by atoms with Gasteiger partial charge in [0.05, 0.1) is 16.4 Å². The molecule has 0 radical (unpaired) electrons. The lowest BCUT2D eigenvalue weighted by atomic mass is 10.3. The van der Waals surface area contributed by atoms with Crippen molar-refractivity contribution in [1.82, 2.24) is 20.1 Å². The molecule has 0 bridgehead atoms. The molecule has 1 saturated carbocycles. The summed E-state index contributed by atoms with van der Waals surface area (Å²) in [6.07, 6.45) is 2.52. The number of aryl methyl sites for hydroxylation is 2. The third-order valence-electron chi connectivity index (χ3n) is 3.27. The highest BCUT2D eigenvalue weighted by atomic mass is 35.5. The van der Waals surface area contributed by atoms with Crippen LogP contribution in [0, 0.1) is 13.8 Å². The number of halogens is 1. The third kappa shape index (κ3) is 2.80. The van der Waals surface area contributed by atoms with Crippen molar-refractivity contribution in [3.05, 3.63) is 40.3 Å². The number of nitrogens with zero attached hydrogens (tertiary/aromatic N) is 3. The fraction of sp³-hybridized carbons (Fsp3) is 0.429. The number of hydrogen-bond acceptors (Lipinski definition) is 3. The highest BCUT2D eigenvalue weighted by Crippen LogP contribution is 2.21. The van der Waals surface area contributed by atoms with E-state index < -0.39 is 0 Å². The molecule has 0 aromatic carbocycles. The number of hydrogen-bond donors (Lipinski definition) is 1. The maximum absolute atomic E-state index is 6.20. The number of pyridine rings is 1. The van der Waals surface area contributed by atoms with Crippen molar-refractivity contribution in [2.75, 3.05) is 0 Å². The van der Waals surface area contributed by atoms with E-state index in [1.54, 1.807) is 0 Å². The molecule has 100 valence electrons. The van der Waals surface area contributed by atoms with E-state index in [1.807, 2.05) is 36.7 Å². The summed E-state index contributed by atoms with van der Waals surface area (Å²) in [5, 5.41) is 8.59. The number of aromatic nitrogens is 3. The van der Waals surface area contributed by atoms with Crippen LogP contribution >= 0.6 is 11.6 Å². The monoisotopic (exact) mass is 276 g/mol. The lowest BCUT2D eigenvalue weighted by molar-refractivity contribution is 0.669. The zero-order valence-corrected chi connectivity index (χ0v) is 11.9. The molecule has 2 aromatic rings. The van der Waals surface area contributed by atoms with Gasteiger partial charge in [-0.1, -0.05) is 11.6 Å². The first-order valence-electron chi connectivity index (χ1n) is 6.56. The van der Waals surface area contributed by atoms with Crippen molar-refractivity contribution in [2.45, 2.75) is 39.3 Å². The minimum absolute atomic E-state index is 0.648. The largest absolute Gasteiger partial charge is 0.308 e. The van der Waals surface area contributed by atoms with Crippen LogP contribution in [0.2, 0.25) is 5.02 Å². The summed E-state index contributed by atoms with van der Waals surface area (Å²) in [6, 6.07) is 6.49. The molecule has 0 atom stereocenters. The molecular weight excluding hydrogens is 260 g/mol.